The van der Waals surface area contributed by atoms with E-state index in [0.717, 1.165) is 18.8 Å². The summed E-state index contributed by atoms with van der Waals surface area (Å²) < 4.78 is 5.05. The summed E-state index contributed by atoms with van der Waals surface area (Å²) in [5, 5.41) is 20.0. The summed E-state index contributed by atoms with van der Waals surface area (Å²) in [5.74, 6) is 0.940. The van der Waals surface area contributed by atoms with Gasteiger partial charge in [0.25, 0.3) is 0 Å². The molecular formula is C21H27N3O3. The maximum atomic E-state index is 10.2. The van der Waals surface area contributed by atoms with Crippen LogP contribution in [0, 0.1) is 0 Å². The van der Waals surface area contributed by atoms with Gasteiger partial charge in [-0.25, -0.2) is 0 Å². The van der Waals surface area contributed by atoms with Crippen LogP contribution in [0.25, 0.3) is 0 Å². The van der Waals surface area contributed by atoms with Crippen molar-refractivity contribution >= 4 is 18.1 Å². The van der Waals surface area contributed by atoms with Gasteiger partial charge in [0.1, 0.15) is 17.2 Å². The molecule has 0 aliphatic carbocycles. The first-order valence-corrected chi connectivity index (χ1v) is 9.03. The first-order chi connectivity index (χ1) is 13.1. The van der Waals surface area contributed by atoms with Crippen LogP contribution in [-0.4, -0.2) is 55.9 Å². The number of aromatic hydroxyl groups is 2. The minimum Gasteiger partial charge on any atom is -0.507 e. The zero-order valence-corrected chi connectivity index (χ0v) is 16.1. The monoisotopic (exact) mass is 369 g/mol. The highest BCUT2D eigenvalue weighted by atomic mass is 16.5. The lowest BCUT2D eigenvalue weighted by Crippen LogP contribution is -2.21. The van der Waals surface area contributed by atoms with Crippen molar-refractivity contribution in [2.24, 2.45) is 9.98 Å². The summed E-state index contributed by atoms with van der Waals surface area (Å²) in [5.41, 5.74) is 2.31. The van der Waals surface area contributed by atoms with Gasteiger partial charge >= 0.3 is 0 Å². The van der Waals surface area contributed by atoms with Gasteiger partial charge in [0, 0.05) is 54.5 Å². The Labute approximate surface area is 160 Å². The third-order valence-electron chi connectivity index (χ3n) is 4.20. The molecule has 0 spiro atoms. The molecule has 0 atom stereocenters. The number of phenols is 2. The predicted octanol–water partition coefficient (Wildman–Crippen LogP) is 3.49. The van der Waals surface area contributed by atoms with Gasteiger partial charge in [-0.15, -0.1) is 0 Å². The van der Waals surface area contributed by atoms with Crippen LogP contribution in [0.5, 0.6) is 17.2 Å². The van der Waals surface area contributed by atoms with Crippen LogP contribution in [-0.2, 0) is 0 Å². The minimum atomic E-state index is 0.125. The average molecular weight is 369 g/mol. The summed E-state index contributed by atoms with van der Waals surface area (Å²) in [6, 6.07) is 10.7. The third-order valence-corrected chi connectivity index (χ3v) is 4.20. The molecule has 0 radical (unpaired) electrons. The Kier molecular flexibility index (Phi) is 7.67. The van der Waals surface area contributed by atoms with E-state index in [1.165, 1.54) is 0 Å². The maximum absolute atomic E-state index is 10.2. The van der Waals surface area contributed by atoms with Crippen molar-refractivity contribution in [3.8, 4) is 17.2 Å². The van der Waals surface area contributed by atoms with E-state index in [4.69, 9.17) is 4.74 Å². The quantitative estimate of drug-likeness (QED) is 0.524. The van der Waals surface area contributed by atoms with Crippen molar-refractivity contribution < 1.29 is 14.9 Å². The number of ether oxygens (including phenoxy) is 1. The third kappa shape index (κ3) is 5.74. The van der Waals surface area contributed by atoms with E-state index in [-0.39, 0.29) is 11.5 Å². The molecule has 0 saturated heterocycles. The number of hydrogen-bond acceptors (Lipinski definition) is 6. The normalized spacial score (nSPS) is 11.4. The van der Waals surface area contributed by atoms with Gasteiger partial charge in [0.05, 0.1) is 20.2 Å². The van der Waals surface area contributed by atoms with Crippen molar-refractivity contribution in [1.29, 1.82) is 0 Å². The number of anilines is 1. The van der Waals surface area contributed by atoms with Crippen LogP contribution in [0.4, 0.5) is 5.69 Å². The molecule has 0 aliphatic rings. The van der Waals surface area contributed by atoms with Crippen LogP contribution in [0.3, 0.4) is 0 Å². The van der Waals surface area contributed by atoms with E-state index < -0.39 is 0 Å². The molecule has 27 heavy (non-hydrogen) atoms. The average Bonchev–Trinajstić information content (AvgIpc) is 2.67. The van der Waals surface area contributed by atoms with Crippen LogP contribution >= 0.6 is 0 Å². The fourth-order valence-corrected chi connectivity index (χ4v) is 2.63. The molecule has 0 saturated carbocycles. The molecule has 0 heterocycles. The molecule has 0 aliphatic heterocycles. The number of benzene rings is 2. The Bertz CT molecular complexity index is 799. The lowest BCUT2D eigenvalue weighted by atomic mass is 10.2. The molecule has 0 amide bonds. The van der Waals surface area contributed by atoms with E-state index in [1.54, 1.807) is 43.8 Å². The van der Waals surface area contributed by atoms with Gasteiger partial charge in [-0.2, -0.15) is 0 Å². The lowest BCUT2D eigenvalue weighted by molar-refractivity contribution is 0.407. The highest BCUT2D eigenvalue weighted by Crippen LogP contribution is 2.24. The van der Waals surface area contributed by atoms with Crippen LogP contribution in [0.15, 0.2) is 46.4 Å². The van der Waals surface area contributed by atoms with E-state index >= 15 is 0 Å². The van der Waals surface area contributed by atoms with Crippen LogP contribution in [0.2, 0.25) is 0 Å². The predicted molar refractivity (Wildman–Crippen MR) is 111 cm³/mol. The molecule has 0 fully saturated rings. The van der Waals surface area contributed by atoms with Crippen molar-refractivity contribution in [2.45, 2.75) is 13.8 Å². The summed E-state index contributed by atoms with van der Waals surface area (Å²) >= 11 is 0. The summed E-state index contributed by atoms with van der Waals surface area (Å²) in [4.78, 5) is 10.7. The molecule has 144 valence electrons. The summed E-state index contributed by atoms with van der Waals surface area (Å²) in [7, 11) is 1.55. The van der Waals surface area contributed by atoms with Gasteiger partial charge in [0.2, 0.25) is 0 Å². The highest BCUT2D eigenvalue weighted by Gasteiger charge is 2.05. The van der Waals surface area contributed by atoms with Crippen LogP contribution < -0.4 is 9.64 Å². The number of rotatable bonds is 9. The molecular weight excluding hydrogens is 342 g/mol. The molecule has 6 nitrogen and oxygen atoms in total. The smallest absolute Gasteiger partial charge is 0.128 e. The largest absolute Gasteiger partial charge is 0.507 e. The Balaban J connectivity index is 1.89. The molecule has 0 aromatic heterocycles. The minimum absolute atomic E-state index is 0.125. The number of aliphatic imine (C=N–C) groups is 2. The SMILES string of the molecule is CCN(CC)c1ccc(C=NCCN=Cc2ccc(OC)cc2O)c(O)c1. The Morgan fingerprint density at radius 3 is 1.93 bits per heavy atom. The number of phenolic OH excluding ortho intramolecular Hbond substituents is 2. The van der Waals surface area contributed by atoms with Gasteiger partial charge in [0.15, 0.2) is 0 Å². The molecule has 2 N–H and O–H groups in total. The second-order valence-corrected chi connectivity index (χ2v) is 5.91. The Hall–Kier alpha value is -3.02. The zero-order chi connectivity index (χ0) is 19.6. The second-order valence-electron chi connectivity index (χ2n) is 5.91. The standard InChI is InChI=1S/C21H27N3O3/c1-4-24(5-2)18-8-6-16(20(25)12-18)14-22-10-11-23-15-17-7-9-19(27-3)13-21(17)26/h6-9,12-15,25-26H,4-5,10-11H2,1-3H3. The number of hydrogen-bond donors (Lipinski definition) is 2. The Morgan fingerprint density at radius 1 is 0.889 bits per heavy atom. The number of methoxy groups -OCH3 is 1. The summed E-state index contributed by atoms with van der Waals surface area (Å²) in [6.07, 6.45) is 3.27. The van der Waals surface area contributed by atoms with Crippen molar-refractivity contribution in [3.63, 3.8) is 0 Å². The van der Waals surface area contributed by atoms with Gasteiger partial charge in [-0.3, -0.25) is 9.98 Å². The molecule has 2 rings (SSSR count). The van der Waals surface area contributed by atoms with Gasteiger partial charge in [-0.05, 0) is 38.1 Å². The van der Waals surface area contributed by atoms with E-state index in [0.29, 0.717) is 30.0 Å². The molecule has 2 aromatic carbocycles. The highest BCUT2D eigenvalue weighted by molar-refractivity contribution is 5.85. The molecule has 2 aromatic rings. The van der Waals surface area contributed by atoms with Crippen molar-refractivity contribution in [3.05, 3.63) is 47.5 Å². The van der Waals surface area contributed by atoms with Gasteiger partial charge in [-0.1, -0.05) is 0 Å². The fourth-order valence-electron chi connectivity index (χ4n) is 2.63. The fraction of sp³-hybridized carbons (Fsp3) is 0.333. The lowest BCUT2D eigenvalue weighted by Gasteiger charge is -2.21. The molecule has 0 unspecified atom stereocenters. The molecule has 0 bridgehead atoms. The van der Waals surface area contributed by atoms with E-state index in [9.17, 15) is 10.2 Å². The zero-order valence-electron chi connectivity index (χ0n) is 16.1. The van der Waals surface area contributed by atoms with E-state index in [2.05, 4.69) is 28.7 Å². The number of nitrogens with zero attached hydrogens (tertiary/aromatic N) is 3. The Morgan fingerprint density at radius 2 is 1.44 bits per heavy atom. The first-order valence-electron chi connectivity index (χ1n) is 9.03. The molecule has 6 heteroatoms. The first kappa shape index (κ1) is 20.3. The van der Waals surface area contributed by atoms with Gasteiger partial charge < -0.3 is 19.8 Å². The van der Waals surface area contributed by atoms with Crippen molar-refractivity contribution in [1.82, 2.24) is 0 Å². The summed E-state index contributed by atoms with van der Waals surface area (Å²) in [6.45, 7) is 6.94. The maximum Gasteiger partial charge on any atom is 0.128 e. The van der Waals surface area contributed by atoms with Crippen LogP contribution in [0.1, 0.15) is 25.0 Å². The van der Waals surface area contributed by atoms with E-state index in [1.807, 2.05) is 12.1 Å². The van der Waals surface area contributed by atoms with Crippen molar-refractivity contribution in [2.75, 3.05) is 38.2 Å². The topological polar surface area (TPSA) is 77.7 Å². The second kappa shape index (κ2) is 10.2.